The number of likely N-dealkylation sites (tertiary alicyclic amines) is 1. The molecule has 0 saturated carbocycles. The van der Waals surface area contributed by atoms with Crippen LogP contribution in [-0.4, -0.2) is 53.0 Å². The maximum absolute atomic E-state index is 13.2. The molecular weight excluding hydrogens is 432 g/mol. The highest BCUT2D eigenvalue weighted by Crippen LogP contribution is 2.36. The molecule has 8 heteroatoms. The van der Waals surface area contributed by atoms with E-state index in [0.717, 1.165) is 18.2 Å². The lowest BCUT2D eigenvalue weighted by atomic mass is 9.97. The van der Waals surface area contributed by atoms with Gasteiger partial charge in [0.15, 0.2) is 0 Å². The van der Waals surface area contributed by atoms with Crippen LogP contribution in [0.2, 0.25) is 5.02 Å². The number of carbonyl (C=O) groups excluding carboxylic acids is 2. The van der Waals surface area contributed by atoms with E-state index in [4.69, 9.17) is 16.3 Å². The van der Waals surface area contributed by atoms with Gasteiger partial charge in [-0.3, -0.25) is 9.59 Å². The molecular formula is C24H29ClN2O5. The Labute approximate surface area is 192 Å². The summed E-state index contributed by atoms with van der Waals surface area (Å²) in [7, 11) is 0. The average molecular weight is 461 g/mol. The van der Waals surface area contributed by atoms with Crippen molar-refractivity contribution in [2.24, 2.45) is 5.92 Å². The summed E-state index contributed by atoms with van der Waals surface area (Å²) >= 11 is 6.45. The number of ether oxygens (including phenoxy) is 1. The van der Waals surface area contributed by atoms with E-state index in [1.165, 1.54) is 13.0 Å². The molecule has 1 aliphatic rings. The van der Waals surface area contributed by atoms with Crippen LogP contribution in [0.4, 0.5) is 0 Å². The number of nitrogens with zero attached hydrogens (tertiary/aromatic N) is 1. The number of carboxylic acid groups (broad SMARTS) is 1. The molecule has 0 radical (unpaired) electrons. The second-order valence-electron chi connectivity index (χ2n) is 8.49. The minimum Gasteiger partial charge on any atom is -0.492 e. The van der Waals surface area contributed by atoms with Crippen LogP contribution in [0.3, 0.4) is 0 Å². The number of amides is 2. The third kappa shape index (κ3) is 4.99. The second-order valence-corrected chi connectivity index (χ2v) is 8.89. The van der Waals surface area contributed by atoms with E-state index in [1.54, 1.807) is 13.8 Å². The predicted molar refractivity (Wildman–Crippen MR) is 123 cm³/mol. The summed E-state index contributed by atoms with van der Waals surface area (Å²) in [5.41, 5.74) is -1.21. The third-order valence-corrected chi connectivity index (χ3v) is 6.59. The van der Waals surface area contributed by atoms with E-state index < -0.39 is 17.4 Å². The Morgan fingerprint density at radius 2 is 1.84 bits per heavy atom. The fourth-order valence-electron chi connectivity index (χ4n) is 3.86. The van der Waals surface area contributed by atoms with Crippen molar-refractivity contribution in [1.29, 1.82) is 0 Å². The summed E-state index contributed by atoms with van der Waals surface area (Å²) in [6.45, 7) is 6.51. The van der Waals surface area contributed by atoms with Crippen LogP contribution >= 0.6 is 11.6 Å². The van der Waals surface area contributed by atoms with Crippen molar-refractivity contribution in [2.45, 2.75) is 45.6 Å². The zero-order valence-electron chi connectivity index (χ0n) is 18.6. The van der Waals surface area contributed by atoms with Gasteiger partial charge in [-0.2, -0.15) is 0 Å². The molecule has 7 nitrogen and oxygen atoms in total. The zero-order chi connectivity index (χ0) is 23.5. The molecule has 2 amide bonds. The average Bonchev–Trinajstić information content (AvgIpc) is 2.78. The van der Waals surface area contributed by atoms with Gasteiger partial charge < -0.3 is 20.1 Å². The van der Waals surface area contributed by atoms with E-state index in [9.17, 15) is 19.5 Å². The van der Waals surface area contributed by atoms with Gasteiger partial charge in [0.05, 0.1) is 12.2 Å². The third-order valence-electron chi connectivity index (χ3n) is 6.28. The Morgan fingerprint density at radius 1 is 1.22 bits per heavy atom. The lowest BCUT2D eigenvalue weighted by Gasteiger charge is -2.31. The summed E-state index contributed by atoms with van der Waals surface area (Å²) in [5, 5.41) is 14.0. The van der Waals surface area contributed by atoms with Crippen LogP contribution in [-0.2, 0) is 9.59 Å². The molecule has 1 aliphatic heterocycles. The molecule has 32 heavy (non-hydrogen) atoms. The van der Waals surface area contributed by atoms with Crippen molar-refractivity contribution >= 4 is 40.2 Å². The normalized spacial score (nSPS) is 16.4. The number of halogens is 1. The molecule has 1 atom stereocenters. The zero-order valence-corrected chi connectivity index (χ0v) is 19.4. The van der Waals surface area contributed by atoms with Gasteiger partial charge in [-0.05, 0) is 38.2 Å². The van der Waals surface area contributed by atoms with Gasteiger partial charge in [0.2, 0.25) is 5.91 Å². The first kappa shape index (κ1) is 23.9. The first-order valence-corrected chi connectivity index (χ1v) is 11.2. The molecule has 0 aromatic heterocycles. The molecule has 2 N–H and O–H groups in total. The van der Waals surface area contributed by atoms with Gasteiger partial charge >= 0.3 is 5.97 Å². The summed E-state index contributed by atoms with van der Waals surface area (Å²) in [6, 6.07) is 8.91. The molecule has 3 rings (SSSR count). The monoisotopic (exact) mass is 460 g/mol. The summed E-state index contributed by atoms with van der Waals surface area (Å²) in [4.78, 5) is 38.2. The van der Waals surface area contributed by atoms with Gasteiger partial charge in [-0.25, -0.2) is 4.79 Å². The Morgan fingerprint density at radius 3 is 2.41 bits per heavy atom. The van der Waals surface area contributed by atoms with E-state index in [-0.39, 0.29) is 23.8 Å². The van der Waals surface area contributed by atoms with Crippen molar-refractivity contribution in [3.63, 3.8) is 0 Å². The minimum absolute atomic E-state index is 0.0735. The van der Waals surface area contributed by atoms with Gasteiger partial charge in [0.25, 0.3) is 5.91 Å². The van der Waals surface area contributed by atoms with Crippen molar-refractivity contribution in [1.82, 2.24) is 10.2 Å². The summed E-state index contributed by atoms with van der Waals surface area (Å²) in [6.07, 6.45) is 1.86. The van der Waals surface area contributed by atoms with Gasteiger partial charge in [-0.1, -0.05) is 42.8 Å². The van der Waals surface area contributed by atoms with Gasteiger partial charge in [-0.15, -0.1) is 0 Å². The number of hydrogen-bond donors (Lipinski definition) is 2. The Hall–Kier alpha value is -2.80. The first-order chi connectivity index (χ1) is 15.2. The fraction of sp³-hybridized carbons (Fsp3) is 0.458. The number of fused-ring (bicyclic) bond motifs is 1. The highest BCUT2D eigenvalue weighted by atomic mass is 35.5. The predicted octanol–water partition coefficient (Wildman–Crippen LogP) is 4.11. The van der Waals surface area contributed by atoms with Crippen LogP contribution < -0.4 is 10.1 Å². The van der Waals surface area contributed by atoms with Crippen LogP contribution in [0, 0.1) is 5.92 Å². The molecule has 2 aromatic rings. The standard InChI is InChI=1S/C24H29ClN2O5/c1-4-24(3,23(30)31)26-22(29)19-13-20(25)17-7-5-6-8-18(17)21(19)32-14-16-9-11-27(12-10-16)15(2)28/h5-8,13,16H,4,9-12,14H2,1-3H3,(H,26,29)(H,30,31). The molecule has 1 heterocycles. The van der Waals surface area contributed by atoms with E-state index in [0.29, 0.717) is 35.9 Å². The number of carbonyl (C=O) groups is 3. The molecule has 0 aliphatic carbocycles. The molecule has 172 valence electrons. The van der Waals surface area contributed by atoms with Crippen LogP contribution in [0.25, 0.3) is 10.8 Å². The molecule has 1 unspecified atom stereocenters. The van der Waals surface area contributed by atoms with Crippen molar-refractivity contribution < 1.29 is 24.2 Å². The van der Waals surface area contributed by atoms with Crippen LogP contribution in [0.1, 0.15) is 50.4 Å². The largest absolute Gasteiger partial charge is 0.492 e. The number of nitrogens with one attached hydrogen (secondary N) is 1. The topological polar surface area (TPSA) is 95.9 Å². The highest BCUT2D eigenvalue weighted by molar-refractivity contribution is 6.36. The number of rotatable bonds is 7. The summed E-state index contributed by atoms with van der Waals surface area (Å²) in [5.74, 6) is -0.952. The molecule has 0 bridgehead atoms. The second kappa shape index (κ2) is 9.77. The first-order valence-electron chi connectivity index (χ1n) is 10.8. The fourth-order valence-corrected chi connectivity index (χ4v) is 4.13. The van der Waals surface area contributed by atoms with Gasteiger partial charge in [0.1, 0.15) is 11.3 Å². The Bertz CT molecular complexity index is 1030. The lowest BCUT2D eigenvalue weighted by Crippen LogP contribution is -2.51. The van der Waals surface area contributed by atoms with Crippen molar-refractivity contribution in [3.8, 4) is 5.75 Å². The van der Waals surface area contributed by atoms with E-state index in [2.05, 4.69) is 5.32 Å². The molecule has 0 spiro atoms. The quantitative estimate of drug-likeness (QED) is 0.648. The molecule has 1 fully saturated rings. The van der Waals surface area contributed by atoms with Gasteiger partial charge in [0, 0.05) is 35.8 Å². The highest BCUT2D eigenvalue weighted by Gasteiger charge is 2.34. The number of hydrogen-bond acceptors (Lipinski definition) is 4. The SMILES string of the molecule is CCC(C)(NC(=O)c1cc(Cl)c2ccccc2c1OCC1CCN(C(C)=O)CC1)C(=O)O. The Kier molecular flexibility index (Phi) is 7.29. The smallest absolute Gasteiger partial charge is 0.329 e. The van der Waals surface area contributed by atoms with Crippen molar-refractivity contribution in [3.05, 3.63) is 40.9 Å². The number of carboxylic acids is 1. The number of benzene rings is 2. The van der Waals surface area contributed by atoms with E-state index in [1.807, 2.05) is 29.2 Å². The summed E-state index contributed by atoms with van der Waals surface area (Å²) < 4.78 is 6.20. The number of piperidine rings is 1. The van der Waals surface area contributed by atoms with E-state index >= 15 is 0 Å². The molecule has 2 aromatic carbocycles. The minimum atomic E-state index is -1.41. The van der Waals surface area contributed by atoms with Crippen LogP contribution in [0.5, 0.6) is 5.75 Å². The molecule has 1 saturated heterocycles. The number of aliphatic carboxylic acids is 1. The maximum Gasteiger partial charge on any atom is 0.329 e. The lowest BCUT2D eigenvalue weighted by molar-refractivity contribution is -0.143. The Balaban J connectivity index is 1.90. The van der Waals surface area contributed by atoms with Crippen molar-refractivity contribution in [2.75, 3.05) is 19.7 Å². The maximum atomic E-state index is 13.2. The van der Waals surface area contributed by atoms with Crippen LogP contribution in [0.15, 0.2) is 30.3 Å².